The topological polar surface area (TPSA) is 78.8 Å². The van der Waals surface area contributed by atoms with Gasteiger partial charge in [0.1, 0.15) is 6.20 Å². The Hall–Kier alpha value is -2.06. The van der Waals surface area contributed by atoms with Crippen LogP contribution in [0, 0.1) is 0 Å². The van der Waals surface area contributed by atoms with Crippen LogP contribution in [0.1, 0.15) is 0 Å². The Morgan fingerprint density at radius 3 is 3.25 bits per heavy atom. The number of amidine groups is 1. The number of aromatic amines is 1. The standard InChI is InChI=1S/C8H10N7O/c1-16-14-6-15(8-5-9-13-11-8)7(12-14)3-2-4-10-15/h2-5H,6H2,1H3,(H,9,11,13)/q+1. The molecule has 0 aliphatic carbocycles. The molecule has 16 heavy (non-hydrogen) atoms. The molecule has 0 aromatic carbocycles. The summed E-state index contributed by atoms with van der Waals surface area (Å²) < 4.78 is 0.154. The van der Waals surface area contributed by atoms with E-state index in [1.54, 1.807) is 19.5 Å². The number of hydrogen-bond donors (Lipinski definition) is 1. The van der Waals surface area contributed by atoms with Crippen molar-refractivity contribution >= 4 is 17.9 Å². The number of H-pyrrole nitrogens is 1. The van der Waals surface area contributed by atoms with E-state index in [0.29, 0.717) is 12.5 Å². The lowest BCUT2D eigenvalue weighted by atomic mass is 10.3. The Morgan fingerprint density at radius 2 is 2.50 bits per heavy atom. The van der Waals surface area contributed by atoms with Crippen molar-refractivity contribution in [1.29, 1.82) is 0 Å². The second kappa shape index (κ2) is 3.22. The van der Waals surface area contributed by atoms with Crippen molar-refractivity contribution in [2.75, 3.05) is 13.8 Å². The summed E-state index contributed by atoms with van der Waals surface area (Å²) in [6.45, 7) is 0.444. The third-order valence-electron chi connectivity index (χ3n) is 2.51. The molecular weight excluding hydrogens is 210 g/mol. The Bertz CT molecular complexity index is 477. The Kier molecular flexibility index (Phi) is 1.85. The van der Waals surface area contributed by atoms with Crippen LogP contribution in [0.5, 0.6) is 0 Å². The van der Waals surface area contributed by atoms with Gasteiger partial charge in [0, 0.05) is 6.08 Å². The minimum absolute atomic E-state index is 0.154. The van der Waals surface area contributed by atoms with Crippen LogP contribution in [0.4, 0.5) is 5.82 Å². The van der Waals surface area contributed by atoms with E-state index in [-0.39, 0.29) is 4.59 Å². The average Bonchev–Trinajstić information content (AvgIpc) is 2.96. The van der Waals surface area contributed by atoms with E-state index >= 15 is 0 Å². The second-order valence-corrected chi connectivity index (χ2v) is 3.36. The largest absolute Gasteiger partial charge is 0.301 e. The van der Waals surface area contributed by atoms with Gasteiger partial charge in [-0.1, -0.05) is 19.9 Å². The van der Waals surface area contributed by atoms with Gasteiger partial charge in [0.05, 0.1) is 13.3 Å². The van der Waals surface area contributed by atoms with Gasteiger partial charge in [-0.3, -0.25) is 4.84 Å². The molecule has 0 spiro atoms. The van der Waals surface area contributed by atoms with Crippen molar-refractivity contribution in [3.05, 3.63) is 18.3 Å². The summed E-state index contributed by atoms with van der Waals surface area (Å²) in [7, 11) is 1.56. The highest BCUT2D eigenvalue weighted by Gasteiger charge is 2.47. The summed E-state index contributed by atoms with van der Waals surface area (Å²) in [6.07, 6.45) is 7.05. The van der Waals surface area contributed by atoms with Gasteiger partial charge in [0.25, 0.3) is 5.84 Å². The molecule has 0 fully saturated rings. The van der Waals surface area contributed by atoms with E-state index < -0.39 is 0 Å². The van der Waals surface area contributed by atoms with Crippen molar-refractivity contribution in [2.45, 2.75) is 0 Å². The van der Waals surface area contributed by atoms with Crippen LogP contribution in [0.2, 0.25) is 0 Å². The molecule has 2 aliphatic heterocycles. The van der Waals surface area contributed by atoms with Gasteiger partial charge in [-0.25, -0.2) is 0 Å². The number of nitrogens with one attached hydrogen (secondary N) is 1. The van der Waals surface area contributed by atoms with Crippen LogP contribution in [-0.4, -0.2) is 46.4 Å². The minimum atomic E-state index is 0.154. The van der Waals surface area contributed by atoms with Crippen LogP contribution >= 0.6 is 0 Å². The molecule has 1 aromatic rings. The molecular formula is C8H10N7O+. The molecule has 1 N–H and O–H groups in total. The van der Waals surface area contributed by atoms with Crippen molar-refractivity contribution in [3.8, 4) is 0 Å². The molecule has 1 unspecified atom stereocenters. The lowest BCUT2D eigenvalue weighted by Gasteiger charge is -2.23. The molecule has 8 heteroatoms. The fraction of sp³-hybridized carbons (Fsp3) is 0.250. The predicted octanol–water partition coefficient (Wildman–Crippen LogP) is -0.184. The van der Waals surface area contributed by atoms with E-state index in [4.69, 9.17) is 4.84 Å². The first kappa shape index (κ1) is 9.19. The lowest BCUT2D eigenvalue weighted by Crippen LogP contribution is -2.49. The summed E-state index contributed by atoms with van der Waals surface area (Å²) in [5, 5.41) is 20.6. The molecule has 0 saturated carbocycles. The zero-order valence-electron chi connectivity index (χ0n) is 8.61. The molecule has 0 saturated heterocycles. The van der Waals surface area contributed by atoms with Crippen molar-refractivity contribution in [1.82, 2.24) is 25.2 Å². The number of nitrogens with zero attached hydrogens (tertiary/aromatic N) is 6. The number of aromatic nitrogens is 3. The number of hydrazone groups is 1. The summed E-state index contributed by atoms with van der Waals surface area (Å²) in [5.41, 5.74) is 0. The number of hydroxylamine groups is 1. The SMILES string of the molecule is CON1C[N+]2(c3cn[nH]n3)N=CC=CC2=N1. The molecule has 1 aromatic heterocycles. The Balaban J connectivity index is 2.09. The monoisotopic (exact) mass is 220 g/mol. The summed E-state index contributed by atoms with van der Waals surface area (Å²) >= 11 is 0. The molecule has 2 aliphatic rings. The fourth-order valence-corrected chi connectivity index (χ4v) is 1.72. The maximum Gasteiger partial charge on any atom is 0.301 e. The molecule has 0 amide bonds. The van der Waals surface area contributed by atoms with Crippen LogP contribution in [0.3, 0.4) is 0 Å². The number of quaternary nitrogens is 1. The molecule has 0 radical (unpaired) electrons. The highest BCUT2D eigenvalue weighted by Crippen LogP contribution is 2.28. The van der Waals surface area contributed by atoms with Gasteiger partial charge in [-0.05, 0) is 6.08 Å². The van der Waals surface area contributed by atoms with Crippen LogP contribution in [0.15, 0.2) is 28.6 Å². The first-order valence-corrected chi connectivity index (χ1v) is 4.73. The molecule has 0 bridgehead atoms. The second-order valence-electron chi connectivity index (χ2n) is 3.36. The first-order valence-electron chi connectivity index (χ1n) is 4.73. The Morgan fingerprint density at radius 1 is 1.56 bits per heavy atom. The number of allylic oxidation sites excluding steroid dienone is 1. The number of fused-ring (bicyclic) bond motifs is 1. The normalized spacial score (nSPS) is 27.1. The van der Waals surface area contributed by atoms with Crippen LogP contribution in [-0.2, 0) is 4.84 Å². The van der Waals surface area contributed by atoms with Gasteiger partial charge in [0.2, 0.25) is 6.67 Å². The average molecular weight is 220 g/mol. The van der Waals surface area contributed by atoms with Gasteiger partial charge in [-0.2, -0.15) is 10.3 Å². The maximum absolute atomic E-state index is 5.09. The third-order valence-corrected chi connectivity index (χ3v) is 2.51. The van der Waals surface area contributed by atoms with E-state index in [9.17, 15) is 0 Å². The van der Waals surface area contributed by atoms with Crippen LogP contribution in [0.25, 0.3) is 0 Å². The molecule has 3 heterocycles. The predicted molar refractivity (Wildman–Crippen MR) is 57.0 cm³/mol. The van der Waals surface area contributed by atoms with Gasteiger partial charge in [-0.15, -0.1) is 5.17 Å². The Labute approximate surface area is 91.0 Å². The van der Waals surface area contributed by atoms with Gasteiger partial charge in [0.15, 0.2) is 0 Å². The molecule has 8 nitrogen and oxygen atoms in total. The zero-order valence-corrected chi connectivity index (χ0v) is 8.61. The maximum atomic E-state index is 5.09. The smallest absolute Gasteiger partial charge is 0.255 e. The summed E-state index contributed by atoms with van der Waals surface area (Å²) in [6, 6.07) is 0. The van der Waals surface area contributed by atoms with Crippen molar-refractivity contribution in [3.63, 3.8) is 0 Å². The highest BCUT2D eigenvalue weighted by molar-refractivity contribution is 6.06. The van der Waals surface area contributed by atoms with Crippen LogP contribution < -0.4 is 4.59 Å². The van der Waals surface area contributed by atoms with Crippen molar-refractivity contribution in [2.24, 2.45) is 10.2 Å². The molecule has 1 atom stereocenters. The third kappa shape index (κ3) is 1.11. The lowest BCUT2D eigenvalue weighted by molar-refractivity contribution is -0.135. The van der Waals surface area contributed by atoms with Crippen molar-refractivity contribution < 1.29 is 4.84 Å². The highest BCUT2D eigenvalue weighted by atomic mass is 16.7. The van der Waals surface area contributed by atoms with E-state index in [1.807, 2.05) is 12.2 Å². The van der Waals surface area contributed by atoms with Gasteiger partial charge < -0.3 is 0 Å². The van der Waals surface area contributed by atoms with E-state index in [1.165, 1.54) is 5.17 Å². The minimum Gasteiger partial charge on any atom is -0.255 e. The van der Waals surface area contributed by atoms with Gasteiger partial charge >= 0.3 is 5.82 Å². The zero-order chi connectivity index (χ0) is 11.0. The summed E-state index contributed by atoms with van der Waals surface area (Å²) in [5.74, 6) is 1.43. The van der Waals surface area contributed by atoms with E-state index in [2.05, 4.69) is 25.6 Å². The molecule has 82 valence electrons. The van der Waals surface area contributed by atoms with E-state index in [0.717, 1.165) is 5.84 Å². The number of rotatable bonds is 2. The first-order chi connectivity index (χ1) is 7.85. The number of hydrogen-bond acceptors (Lipinski definition) is 6. The molecule has 3 rings (SSSR count). The quantitative estimate of drug-likeness (QED) is 0.701. The fourth-order valence-electron chi connectivity index (χ4n) is 1.72. The summed E-state index contributed by atoms with van der Waals surface area (Å²) in [4.78, 5) is 5.09.